The molecule has 0 unspecified atom stereocenters. The van der Waals surface area contributed by atoms with Gasteiger partial charge < -0.3 is 4.90 Å². The predicted molar refractivity (Wildman–Crippen MR) is 65.6 cm³/mol. The highest BCUT2D eigenvalue weighted by Crippen LogP contribution is 2.35. The molecule has 0 bridgehead atoms. The quantitative estimate of drug-likeness (QED) is 0.623. The van der Waals surface area contributed by atoms with Gasteiger partial charge in [-0.05, 0) is 39.3 Å². The molecule has 2 fully saturated rings. The minimum absolute atomic E-state index is 0.508. The average molecular weight is 213 g/mol. The zero-order valence-electron chi connectivity index (χ0n) is 10.6. The summed E-state index contributed by atoms with van der Waals surface area (Å²) in [5.41, 5.74) is 0.508. The van der Waals surface area contributed by atoms with Crippen LogP contribution in [0.4, 0.5) is 0 Å². The van der Waals surface area contributed by atoms with Crippen LogP contribution in [0.3, 0.4) is 0 Å². The van der Waals surface area contributed by atoms with Crippen molar-refractivity contribution >= 4 is 0 Å². The van der Waals surface area contributed by atoms with Crippen LogP contribution in [-0.2, 0) is 0 Å². The van der Waals surface area contributed by atoms with E-state index in [1.54, 1.807) is 0 Å². The molecule has 2 N–H and O–H groups in total. The highest BCUT2D eigenvalue weighted by Gasteiger charge is 2.38. The Balaban J connectivity index is 0.000000531. The van der Waals surface area contributed by atoms with E-state index >= 15 is 0 Å². The maximum atomic E-state index is 5.78. The molecule has 2 aliphatic heterocycles. The number of piperidine rings is 2. The number of rotatable bonds is 0. The van der Waals surface area contributed by atoms with E-state index in [1.165, 1.54) is 38.6 Å². The third-order valence-corrected chi connectivity index (χ3v) is 3.92. The summed E-state index contributed by atoms with van der Waals surface area (Å²) in [6.07, 6.45) is 6.71. The Morgan fingerprint density at radius 2 is 1.53 bits per heavy atom. The van der Waals surface area contributed by atoms with Gasteiger partial charge in [-0.2, -0.15) is 0 Å². The fraction of sp³-hybridized carbons (Fsp3) is 1.00. The fourth-order valence-corrected chi connectivity index (χ4v) is 2.80. The number of nitrogens with zero attached hydrogens (tertiary/aromatic N) is 2. The molecule has 90 valence electrons. The van der Waals surface area contributed by atoms with Crippen molar-refractivity contribution in [1.82, 2.24) is 9.91 Å². The molecule has 0 aromatic heterocycles. The monoisotopic (exact) mass is 213 g/mol. The van der Waals surface area contributed by atoms with E-state index in [-0.39, 0.29) is 0 Å². The zero-order chi connectivity index (χ0) is 11.3. The van der Waals surface area contributed by atoms with Crippen molar-refractivity contribution in [2.45, 2.75) is 51.5 Å². The Hall–Kier alpha value is -0.120. The molecular weight excluding hydrogens is 186 g/mol. The third-order valence-electron chi connectivity index (χ3n) is 3.92. The van der Waals surface area contributed by atoms with Gasteiger partial charge in [0, 0.05) is 18.6 Å². The van der Waals surface area contributed by atoms with Crippen LogP contribution in [0.25, 0.3) is 0 Å². The minimum Gasteiger partial charge on any atom is -0.301 e. The van der Waals surface area contributed by atoms with Gasteiger partial charge in [-0.3, -0.25) is 5.84 Å². The second-order valence-corrected chi connectivity index (χ2v) is 4.64. The van der Waals surface area contributed by atoms with Crippen molar-refractivity contribution in [3.05, 3.63) is 0 Å². The molecule has 2 rings (SSSR count). The van der Waals surface area contributed by atoms with Gasteiger partial charge in [0.2, 0.25) is 0 Å². The molecule has 2 heterocycles. The van der Waals surface area contributed by atoms with Crippen LogP contribution in [0.5, 0.6) is 0 Å². The van der Waals surface area contributed by atoms with E-state index in [1.807, 2.05) is 18.9 Å². The molecule has 2 aliphatic rings. The first kappa shape index (κ1) is 12.9. The van der Waals surface area contributed by atoms with Crippen molar-refractivity contribution in [3.63, 3.8) is 0 Å². The van der Waals surface area contributed by atoms with Crippen molar-refractivity contribution in [3.8, 4) is 0 Å². The van der Waals surface area contributed by atoms with Crippen molar-refractivity contribution in [2.75, 3.05) is 26.7 Å². The predicted octanol–water partition coefficient (Wildman–Crippen LogP) is 1.84. The van der Waals surface area contributed by atoms with E-state index in [2.05, 4.69) is 11.9 Å². The smallest absolute Gasteiger partial charge is 0.0232 e. The Labute approximate surface area is 94.6 Å². The van der Waals surface area contributed by atoms with Crippen LogP contribution in [0.2, 0.25) is 0 Å². The van der Waals surface area contributed by atoms with Gasteiger partial charge >= 0.3 is 0 Å². The van der Waals surface area contributed by atoms with E-state index in [0.29, 0.717) is 5.54 Å². The van der Waals surface area contributed by atoms with Gasteiger partial charge in [0.05, 0.1) is 0 Å². The molecule has 0 amide bonds. The molecular formula is C12H27N3. The first-order valence-electron chi connectivity index (χ1n) is 6.44. The Morgan fingerprint density at radius 1 is 0.933 bits per heavy atom. The largest absolute Gasteiger partial charge is 0.301 e. The Bertz CT molecular complexity index is 174. The average Bonchev–Trinajstić information content (AvgIpc) is 2.29. The van der Waals surface area contributed by atoms with Gasteiger partial charge in [-0.1, -0.05) is 20.3 Å². The van der Waals surface area contributed by atoms with Crippen LogP contribution in [0.15, 0.2) is 0 Å². The summed E-state index contributed by atoms with van der Waals surface area (Å²) in [5, 5.41) is 1.97. The molecule has 0 aliphatic carbocycles. The van der Waals surface area contributed by atoms with Crippen molar-refractivity contribution < 1.29 is 0 Å². The van der Waals surface area contributed by atoms with E-state index in [4.69, 9.17) is 5.84 Å². The summed E-state index contributed by atoms with van der Waals surface area (Å²) >= 11 is 0. The number of nitrogens with two attached hydrogens (primary N) is 1. The number of hydrogen-bond acceptors (Lipinski definition) is 3. The molecule has 2 saturated heterocycles. The molecule has 3 nitrogen and oxygen atoms in total. The van der Waals surface area contributed by atoms with Crippen molar-refractivity contribution in [2.24, 2.45) is 5.84 Å². The molecule has 1 spiro atoms. The topological polar surface area (TPSA) is 32.5 Å². The lowest BCUT2D eigenvalue weighted by atomic mass is 9.79. The second kappa shape index (κ2) is 5.83. The number of likely N-dealkylation sites (tertiary alicyclic amines) is 1. The molecule has 0 atom stereocenters. The summed E-state index contributed by atoms with van der Waals surface area (Å²) in [6.45, 7) is 7.43. The van der Waals surface area contributed by atoms with Gasteiger partial charge in [-0.25, -0.2) is 5.01 Å². The second-order valence-electron chi connectivity index (χ2n) is 4.64. The van der Waals surface area contributed by atoms with E-state index in [9.17, 15) is 0 Å². The van der Waals surface area contributed by atoms with Gasteiger partial charge in [0.15, 0.2) is 0 Å². The Morgan fingerprint density at radius 3 is 2.07 bits per heavy atom. The van der Waals surface area contributed by atoms with Crippen LogP contribution in [-0.4, -0.2) is 42.1 Å². The molecule has 0 aromatic rings. The Kier molecular flexibility index (Phi) is 5.03. The molecule has 0 radical (unpaired) electrons. The lowest BCUT2D eigenvalue weighted by Gasteiger charge is -2.49. The number of hydrazine groups is 1. The van der Waals surface area contributed by atoms with Gasteiger partial charge in [-0.15, -0.1) is 0 Å². The van der Waals surface area contributed by atoms with Crippen LogP contribution in [0, 0.1) is 0 Å². The summed E-state index contributed by atoms with van der Waals surface area (Å²) in [6, 6.07) is 0. The van der Waals surface area contributed by atoms with Crippen LogP contribution >= 0.6 is 0 Å². The number of hydrogen-bond donors (Lipinski definition) is 1. The highest BCUT2D eigenvalue weighted by atomic mass is 15.4. The highest BCUT2D eigenvalue weighted by molar-refractivity contribution is 4.95. The molecule has 0 aromatic carbocycles. The molecule has 15 heavy (non-hydrogen) atoms. The molecule has 0 saturated carbocycles. The standard InChI is InChI=1S/C10H21N3.C2H6/c1-12-7-3-2-4-10(12)5-8-13(11)9-6-10;1-2/h2-9,11H2,1H3;1-2H3. The maximum absolute atomic E-state index is 5.78. The summed E-state index contributed by atoms with van der Waals surface area (Å²) in [5.74, 6) is 5.78. The van der Waals surface area contributed by atoms with Gasteiger partial charge in [0.25, 0.3) is 0 Å². The summed E-state index contributed by atoms with van der Waals surface area (Å²) in [7, 11) is 2.28. The first-order chi connectivity index (χ1) is 7.23. The van der Waals surface area contributed by atoms with Crippen LogP contribution in [0.1, 0.15) is 46.0 Å². The summed E-state index contributed by atoms with van der Waals surface area (Å²) < 4.78 is 0. The third kappa shape index (κ3) is 2.92. The van der Waals surface area contributed by atoms with E-state index < -0.39 is 0 Å². The lowest BCUT2D eigenvalue weighted by molar-refractivity contribution is 0.0101. The minimum atomic E-state index is 0.508. The maximum Gasteiger partial charge on any atom is 0.0232 e. The van der Waals surface area contributed by atoms with Crippen molar-refractivity contribution in [1.29, 1.82) is 0 Å². The van der Waals surface area contributed by atoms with Crippen LogP contribution < -0.4 is 5.84 Å². The molecule has 3 heteroatoms. The summed E-state index contributed by atoms with van der Waals surface area (Å²) in [4.78, 5) is 2.57. The normalized spacial score (nSPS) is 27.2. The zero-order valence-corrected chi connectivity index (χ0v) is 10.6. The fourth-order valence-electron chi connectivity index (χ4n) is 2.80. The lowest BCUT2D eigenvalue weighted by Crippen LogP contribution is -2.57. The SMILES string of the molecule is CC.CN1CCCCC12CCN(N)CC2. The van der Waals surface area contributed by atoms with Gasteiger partial charge in [0.1, 0.15) is 0 Å². The van der Waals surface area contributed by atoms with E-state index in [0.717, 1.165) is 13.1 Å². The first-order valence-corrected chi connectivity index (χ1v) is 6.44.